The van der Waals surface area contributed by atoms with E-state index in [1.807, 2.05) is 99.6 Å². The van der Waals surface area contributed by atoms with Crippen LogP contribution in [0.3, 0.4) is 0 Å². The molecule has 0 spiro atoms. The van der Waals surface area contributed by atoms with Crippen LogP contribution < -0.4 is 16.0 Å². The predicted molar refractivity (Wildman–Crippen MR) is 142 cm³/mol. The summed E-state index contributed by atoms with van der Waals surface area (Å²) in [5.41, 5.74) is 6.06. The number of aryl methyl sites for hydroxylation is 2. The third-order valence-electron chi connectivity index (χ3n) is 6.21. The monoisotopic (exact) mass is 477 g/mol. The van der Waals surface area contributed by atoms with E-state index in [2.05, 4.69) is 21.0 Å². The van der Waals surface area contributed by atoms with Crippen LogP contribution in [-0.4, -0.2) is 21.6 Å². The second-order valence-corrected chi connectivity index (χ2v) is 8.97. The summed E-state index contributed by atoms with van der Waals surface area (Å²) in [6.07, 6.45) is 1.54. The minimum atomic E-state index is -0.508. The third-order valence-corrected chi connectivity index (χ3v) is 6.21. The molecule has 1 aliphatic heterocycles. The van der Waals surface area contributed by atoms with E-state index in [0.29, 0.717) is 34.0 Å². The highest BCUT2D eigenvalue weighted by Gasteiger charge is 2.35. The SMILES string of the molecule is CC1=C(C(=O)Nc2ccccc2)[C@H](c2ccc(C)cc2)n2ncc(C(=O)Nc3cccc(C)c3)c2N1. The number of fused-ring (bicyclic) bond motifs is 1. The van der Waals surface area contributed by atoms with Gasteiger partial charge in [-0.15, -0.1) is 0 Å². The van der Waals surface area contributed by atoms with Gasteiger partial charge in [-0.1, -0.05) is 60.2 Å². The number of hydrogen-bond acceptors (Lipinski definition) is 4. The average molecular weight is 478 g/mol. The van der Waals surface area contributed by atoms with Gasteiger partial charge in [0.1, 0.15) is 17.4 Å². The lowest BCUT2D eigenvalue weighted by atomic mass is 9.94. The summed E-state index contributed by atoms with van der Waals surface area (Å²) < 4.78 is 1.71. The molecule has 2 heterocycles. The maximum atomic E-state index is 13.5. The standard InChI is InChI=1S/C29H27N5O2/c1-18-12-14-21(15-13-18)26-25(29(36)32-22-9-5-4-6-10-22)20(3)31-27-24(17-30-34(26)27)28(35)33-23-11-7-8-19(2)16-23/h4-17,26,31H,1-3H3,(H,32,36)(H,33,35)/t26-/m0/s1. The fraction of sp³-hybridized carbons (Fsp3) is 0.138. The zero-order valence-electron chi connectivity index (χ0n) is 20.4. The molecule has 1 atom stereocenters. The van der Waals surface area contributed by atoms with E-state index < -0.39 is 6.04 Å². The summed E-state index contributed by atoms with van der Waals surface area (Å²) in [6, 6.07) is 24.5. The van der Waals surface area contributed by atoms with E-state index in [-0.39, 0.29) is 11.8 Å². The summed E-state index contributed by atoms with van der Waals surface area (Å²) in [5.74, 6) is 0.0326. The van der Waals surface area contributed by atoms with Crippen LogP contribution >= 0.6 is 0 Å². The van der Waals surface area contributed by atoms with Gasteiger partial charge in [-0.3, -0.25) is 9.59 Å². The molecule has 0 saturated carbocycles. The van der Waals surface area contributed by atoms with Crippen LogP contribution in [0.1, 0.15) is 40.0 Å². The Hall–Kier alpha value is -4.65. The van der Waals surface area contributed by atoms with Crippen LogP contribution in [0.5, 0.6) is 0 Å². The first kappa shape index (κ1) is 23.1. The molecule has 3 aromatic carbocycles. The number of rotatable bonds is 5. The van der Waals surface area contributed by atoms with Crippen molar-refractivity contribution >= 4 is 29.0 Å². The number of para-hydroxylation sites is 1. The summed E-state index contributed by atoms with van der Waals surface area (Å²) >= 11 is 0. The Kier molecular flexibility index (Phi) is 6.12. The molecular weight excluding hydrogens is 450 g/mol. The number of amides is 2. The van der Waals surface area contributed by atoms with Gasteiger partial charge in [0.2, 0.25) is 0 Å². The van der Waals surface area contributed by atoms with E-state index in [1.54, 1.807) is 10.9 Å². The van der Waals surface area contributed by atoms with E-state index in [4.69, 9.17) is 0 Å². The molecule has 4 aromatic rings. The molecule has 7 nitrogen and oxygen atoms in total. The Morgan fingerprint density at radius 2 is 1.50 bits per heavy atom. The number of nitrogens with zero attached hydrogens (tertiary/aromatic N) is 2. The van der Waals surface area contributed by atoms with Gasteiger partial charge in [0.25, 0.3) is 11.8 Å². The maximum absolute atomic E-state index is 13.5. The van der Waals surface area contributed by atoms with Crippen LogP contribution in [0.2, 0.25) is 0 Å². The maximum Gasteiger partial charge on any atom is 0.261 e. The minimum Gasteiger partial charge on any atom is -0.343 e. The van der Waals surface area contributed by atoms with Gasteiger partial charge in [-0.05, 0) is 56.2 Å². The fourth-order valence-electron chi connectivity index (χ4n) is 4.41. The molecule has 180 valence electrons. The lowest BCUT2D eigenvalue weighted by Gasteiger charge is -2.30. The topological polar surface area (TPSA) is 88.0 Å². The lowest BCUT2D eigenvalue weighted by molar-refractivity contribution is -0.113. The number of benzene rings is 3. The summed E-state index contributed by atoms with van der Waals surface area (Å²) in [7, 11) is 0. The summed E-state index contributed by atoms with van der Waals surface area (Å²) in [4.78, 5) is 26.7. The Balaban J connectivity index is 1.54. The molecular formula is C29H27N5O2. The Bertz CT molecular complexity index is 1470. The molecule has 0 fully saturated rings. The Morgan fingerprint density at radius 1 is 0.806 bits per heavy atom. The fourth-order valence-corrected chi connectivity index (χ4v) is 4.41. The smallest absolute Gasteiger partial charge is 0.261 e. The van der Waals surface area contributed by atoms with Crippen LogP contribution in [0.25, 0.3) is 0 Å². The van der Waals surface area contributed by atoms with E-state index in [9.17, 15) is 9.59 Å². The van der Waals surface area contributed by atoms with Gasteiger partial charge in [-0.25, -0.2) is 4.68 Å². The van der Waals surface area contributed by atoms with E-state index >= 15 is 0 Å². The molecule has 36 heavy (non-hydrogen) atoms. The van der Waals surface area contributed by atoms with Crippen molar-refractivity contribution in [1.29, 1.82) is 0 Å². The number of hydrogen-bond donors (Lipinski definition) is 3. The highest BCUT2D eigenvalue weighted by Crippen LogP contribution is 2.38. The zero-order valence-corrected chi connectivity index (χ0v) is 20.4. The summed E-state index contributed by atoms with van der Waals surface area (Å²) in [5, 5.41) is 13.8. The van der Waals surface area contributed by atoms with E-state index in [1.165, 1.54) is 0 Å². The van der Waals surface area contributed by atoms with Gasteiger partial charge >= 0.3 is 0 Å². The van der Waals surface area contributed by atoms with Crippen molar-refractivity contribution in [2.45, 2.75) is 26.8 Å². The molecule has 0 bridgehead atoms. The third kappa shape index (κ3) is 4.51. The first-order valence-electron chi connectivity index (χ1n) is 11.8. The van der Waals surface area contributed by atoms with Crippen LogP contribution in [0, 0.1) is 13.8 Å². The predicted octanol–water partition coefficient (Wildman–Crippen LogP) is 5.68. The number of carbonyl (C=O) groups is 2. The van der Waals surface area contributed by atoms with Crippen molar-refractivity contribution in [2.24, 2.45) is 0 Å². The Labute approximate surface area is 209 Å². The number of nitrogens with one attached hydrogen (secondary N) is 3. The number of carbonyl (C=O) groups excluding carboxylic acids is 2. The first-order valence-corrected chi connectivity index (χ1v) is 11.8. The van der Waals surface area contributed by atoms with Crippen molar-refractivity contribution in [1.82, 2.24) is 9.78 Å². The molecule has 7 heteroatoms. The van der Waals surface area contributed by atoms with Crippen molar-refractivity contribution in [2.75, 3.05) is 16.0 Å². The van der Waals surface area contributed by atoms with Crippen molar-refractivity contribution in [3.63, 3.8) is 0 Å². The molecule has 0 saturated heterocycles. The van der Waals surface area contributed by atoms with Gasteiger partial charge in [0.15, 0.2) is 0 Å². The molecule has 2 amide bonds. The minimum absolute atomic E-state index is 0.233. The molecule has 0 unspecified atom stereocenters. The highest BCUT2D eigenvalue weighted by atomic mass is 16.2. The Morgan fingerprint density at radius 3 is 2.22 bits per heavy atom. The number of allylic oxidation sites excluding steroid dienone is 1. The molecule has 0 radical (unpaired) electrons. The zero-order chi connectivity index (χ0) is 25.2. The summed E-state index contributed by atoms with van der Waals surface area (Å²) in [6.45, 7) is 5.84. The highest BCUT2D eigenvalue weighted by molar-refractivity contribution is 6.09. The largest absolute Gasteiger partial charge is 0.343 e. The van der Waals surface area contributed by atoms with Crippen molar-refractivity contribution < 1.29 is 9.59 Å². The molecule has 3 N–H and O–H groups in total. The van der Waals surface area contributed by atoms with Crippen molar-refractivity contribution in [3.8, 4) is 0 Å². The quantitative estimate of drug-likeness (QED) is 0.345. The number of anilines is 3. The molecule has 0 aliphatic carbocycles. The van der Waals surface area contributed by atoms with Crippen LogP contribution in [-0.2, 0) is 4.79 Å². The first-order chi connectivity index (χ1) is 17.4. The van der Waals surface area contributed by atoms with Crippen molar-refractivity contribution in [3.05, 3.63) is 119 Å². The van der Waals surface area contributed by atoms with E-state index in [0.717, 1.165) is 16.7 Å². The molecule has 1 aromatic heterocycles. The van der Waals surface area contributed by atoms with Crippen LogP contribution in [0.4, 0.5) is 17.2 Å². The lowest BCUT2D eigenvalue weighted by Crippen LogP contribution is -2.32. The molecule has 1 aliphatic rings. The average Bonchev–Trinajstić information content (AvgIpc) is 3.28. The van der Waals surface area contributed by atoms with Gasteiger partial charge in [-0.2, -0.15) is 5.10 Å². The normalized spacial score (nSPS) is 14.6. The number of aromatic nitrogens is 2. The van der Waals surface area contributed by atoms with Crippen LogP contribution in [0.15, 0.2) is 96.3 Å². The second kappa shape index (κ2) is 9.54. The second-order valence-electron chi connectivity index (χ2n) is 8.97. The van der Waals surface area contributed by atoms with Gasteiger partial charge in [0, 0.05) is 17.1 Å². The van der Waals surface area contributed by atoms with Gasteiger partial charge in [0.05, 0.1) is 11.8 Å². The molecule has 5 rings (SSSR count). The van der Waals surface area contributed by atoms with Gasteiger partial charge < -0.3 is 16.0 Å².